The Morgan fingerprint density at radius 1 is 1.16 bits per heavy atom. The number of likely N-dealkylation sites (tertiary alicyclic amines) is 1. The number of methoxy groups -OCH3 is 2. The minimum Gasteiger partial charge on any atom is -0.497 e. The Balaban J connectivity index is 1.82. The highest BCUT2D eigenvalue weighted by molar-refractivity contribution is 5.77. The highest BCUT2D eigenvalue weighted by Crippen LogP contribution is 2.35. The van der Waals surface area contributed by atoms with Crippen LogP contribution in [-0.4, -0.2) is 62.2 Å². The molecule has 2 aromatic carbocycles. The van der Waals surface area contributed by atoms with Gasteiger partial charge in [0.25, 0.3) is 0 Å². The topological polar surface area (TPSA) is 42.0 Å². The fraction of sp³-hybridized carbons (Fsp3) is 0.480. The number of carbonyl (C=O) groups excluding carboxylic acids is 1. The zero-order valence-electron chi connectivity index (χ0n) is 18.9. The van der Waals surface area contributed by atoms with Crippen molar-refractivity contribution in [3.8, 4) is 5.75 Å². The van der Waals surface area contributed by atoms with Crippen LogP contribution in [0.1, 0.15) is 30.9 Å². The third-order valence-corrected chi connectivity index (χ3v) is 5.98. The second-order valence-electron chi connectivity index (χ2n) is 8.54. The summed E-state index contributed by atoms with van der Waals surface area (Å²) in [6, 6.07) is 15.0. The molecular weight excluding hydrogens is 395 g/mol. The second kappa shape index (κ2) is 10.7. The number of benzene rings is 2. The van der Waals surface area contributed by atoms with Crippen molar-refractivity contribution in [1.82, 2.24) is 9.80 Å². The Morgan fingerprint density at radius 2 is 1.94 bits per heavy atom. The zero-order valence-corrected chi connectivity index (χ0v) is 18.9. The van der Waals surface area contributed by atoms with E-state index in [1.807, 2.05) is 43.0 Å². The van der Waals surface area contributed by atoms with Crippen LogP contribution >= 0.6 is 0 Å². The number of carbonyl (C=O) groups is 1. The summed E-state index contributed by atoms with van der Waals surface area (Å²) in [5, 5.41) is 0. The molecule has 0 saturated carbocycles. The Morgan fingerprint density at radius 3 is 2.61 bits per heavy atom. The number of amides is 1. The normalized spacial score (nSPS) is 19.0. The lowest BCUT2D eigenvalue weighted by Crippen LogP contribution is -2.43. The molecule has 1 saturated heterocycles. The summed E-state index contributed by atoms with van der Waals surface area (Å²) in [5.74, 6) is 0.958. The van der Waals surface area contributed by atoms with Crippen LogP contribution in [0.15, 0.2) is 48.5 Å². The van der Waals surface area contributed by atoms with Crippen LogP contribution in [0, 0.1) is 11.7 Å². The van der Waals surface area contributed by atoms with Gasteiger partial charge in [-0.2, -0.15) is 0 Å². The maximum Gasteiger partial charge on any atom is 0.248 e. The Bertz CT molecular complexity index is 873. The van der Waals surface area contributed by atoms with E-state index in [-0.39, 0.29) is 36.2 Å². The lowest BCUT2D eigenvalue weighted by Gasteiger charge is -2.31. The summed E-state index contributed by atoms with van der Waals surface area (Å²) in [7, 11) is 3.21. The lowest BCUT2D eigenvalue weighted by molar-refractivity contribution is -0.137. The second-order valence-corrected chi connectivity index (χ2v) is 8.54. The van der Waals surface area contributed by atoms with Crippen LogP contribution in [0.3, 0.4) is 0 Å². The van der Waals surface area contributed by atoms with Gasteiger partial charge in [-0.15, -0.1) is 0 Å². The molecule has 0 spiro atoms. The van der Waals surface area contributed by atoms with Gasteiger partial charge in [0, 0.05) is 45.2 Å². The first-order valence-electron chi connectivity index (χ1n) is 10.8. The molecule has 1 aliphatic heterocycles. The van der Waals surface area contributed by atoms with E-state index in [4.69, 9.17) is 9.47 Å². The molecule has 168 valence electrons. The molecule has 3 rings (SSSR count). The maximum atomic E-state index is 14.0. The SMILES string of the molecule is COCC(=O)N(CC1CN(Cc2cccc(OC)c2)CC1c1cccc(F)c1)C(C)C. The molecule has 1 aliphatic rings. The van der Waals surface area contributed by atoms with E-state index in [2.05, 4.69) is 11.0 Å². The van der Waals surface area contributed by atoms with E-state index in [0.29, 0.717) is 6.54 Å². The maximum absolute atomic E-state index is 14.0. The van der Waals surface area contributed by atoms with Gasteiger partial charge in [0.2, 0.25) is 5.91 Å². The summed E-state index contributed by atoms with van der Waals surface area (Å²) in [6.07, 6.45) is 0. The fourth-order valence-electron chi connectivity index (χ4n) is 4.48. The number of hydrogen-bond donors (Lipinski definition) is 0. The van der Waals surface area contributed by atoms with Crippen molar-refractivity contribution in [2.45, 2.75) is 32.4 Å². The first-order valence-corrected chi connectivity index (χ1v) is 10.8. The number of rotatable bonds is 9. The van der Waals surface area contributed by atoms with Crippen LogP contribution in [-0.2, 0) is 16.1 Å². The molecule has 31 heavy (non-hydrogen) atoms. The van der Waals surface area contributed by atoms with Gasteiger partial charge in [0.05, 0.1) is 7.11 Å². The molecule has 2 aromatic rings. The minimum absolute atomic E-state index is 0.0123. The highest BCUT2D eigenvalue weighted by atomic mass is 19.1. The lowest BCUT2D eigenvalue weighted by atomic mass is 9.88. The van der Waals surface area contributed by atoms with Crippen LogP contribution in [0.4, 0.5) is 4.39 Å². The molecule has 0 bridgehead atoms. The average molecular weight is 429 g/mol. The van der Waals surface area contributed by atoms with Gasteiger partial charge in [-0.05, 0) is 55.2 Å². The predicted octanol–water partition coefficient (Wildman–Crippen LogP) is 3.93. The molecule has 0 aromatic heterocycles. The van der Waals surface area contributed by atoms with Gasteiger partial charge in [0.1, 0.15) is 18.2 Å². The van der Waals surface area contributed by atoms with Crippen LogP contribution in [0.2, 0.25) is 0 Å². The number of halogens is 1. The highest BCUT2D eigenvalue weighted by Gasteiger charge is 2.36. The average Bonchev–Trinajstić information content (AvgIpc) is 3.14. The molecule has 6 heteroatoms. The van der Waals surface area contributed by atoms with Crippen molar-refractivity contribution < 1.29 is 18.7 Å². The van der Waals surface area contributed by atoms with E-state index in [0.717, 1.165) is 30.9 Å². The molecule has 2 atom stereocenters. The molecule has 1 heterocycles. The number of nitrogens with zero attached hydrogens (tertiary/aromatic N) is 2. The largest absolute Gasteiger partial charge is 0.497 e. The standard InChI is InChI=1S/C25H33FN2O3/c1-18(2)28(25(29)17-30-3)15-21-14-27(13-19-7-5-10-23(11-19)31-4)16-24(21)20-8-6-9-22(26)12-20/h5-12,18,21,24H,13-17H2,1-4H3. The van der Waals surface area contributed by atoms with Gasteiger partial charge >= 0.3 is 0 Å². The van der Waals surface area contributed by atoms with Crippen molar-refractivity contribution in [2.24, 2.45) is 5.92 Å². The Kier molecular flexibility index (Phi) is 8.04. The molecule has 1 amide bonds. The van der Waals surface area contributed by atoms with Crippen LogP contribution in [0.25, 0.3) is 0 Å². The summed E-state index contributed by atoms with van der Waals surface area (Å²) < 4.78 is 24.4. The number of ether oxygens (including phenoxy) is 2. The Hall–Kier alpha value is -2.44. The molecule has 0 aliphatic carbocycles. The van der Waals surface area contributed by atoms with Crippen LogP contribution < -0.4 is 4.74 Å². The Labute approximate surface area is 184 Å². The smallest absolute Gasteiger partial charge is 0.248 e. The van der Waals surface area contributed by atoms with Gasteiger partial charge in [-0.3, -0.25) is 9.69 Å². The molecule has 5 nitrogen and oxygen atoms in total. The monoisotopic (exact) mass is 428 g/mol. The van der Waals surface area contributed by atoms with Crippen molar-refractivity contribution in [2.75, 3.05) is 40.5 Å². The van der Waals surface area contributed by atoms with Gasteiger partial charge in [-0.1, -0.05) is 24.3 Å². The van der Waals surface area contributed by atoms with Crippen molar-refractivity contribution >= 4 is 5.91 Å². The zero-order chi connectivity index (χ0) is 22.4. The molecule has 0 N–H and O–H groups in total. The van der Waals surface area contributed by atoms with E-state index in [1.165, 1.54) is 18.7 Å². The first-order chi connectivity index (χ1) is 14.9. The van der Waals surface area contributed by atoms with E-state index in [9.17, 15) is 9.18 Å². The summed E-state index contributed by atoms with van der Waals surface area (Å²) in [4.78, 5) is 16.9. The molecule has 2 unspecified atom stereocenters. The third kappa shape index (κ3) is 6.05. The van der Waals surface area contributed by atoms with E-state index in [1.54, 1.807) is 19.2 Å². The quantitative estimate of drug-likeness (QED) is 0.607. The van der Waals surface area contributed by atoms with Crippen molar-refractivity contribution in [1.29, 1.82) is 0 Å². The molecule has 1 fully saturated rings. The first kappa shape index (κ1) is 23.2. The van der Waals surface area contributed by atoms with Gasteiger partial charge < -0.3 is 14.4 Å². The predicted molar refractivity (Wildman–Crippen MR) is 120 cm³/mol. The summed E-state index contributed by atoms with van der Waals surface area (Å²) in [5.41, 5.74) is 2.16. The van der Waals surface area contributed by atoms with Crippen molar-refractivity contribution in [3.63, 3.8) is 0 Å². The molecular formula is C25H33FN2O3. The molecule has 0 radical (unpaired) electrons. The fourth-order valence-corrected chi connectivity index (χ4v) is 4.48. The van der Waals surface area contributed by atoms with E-state index < -0.39 is 0 Å². The third-order valence-electron chi connectivity index (χ3n) is 5.98. The van der Waals surface area contributed by atoms with Gasteiger partial charge in [0.15, 0.2) is 0 Å². The van der Waals surface area contributed by atoms with Gasteiger partial charge in [-0.25, -0.2) is 4.39 Å². The summed E-state index contributed by atoms with van der Waals surface area (Å²) in [6.45, 7) is 7.17. The van der Waals surface area contributed by atoms with E-state index >= 15 is 0 Å². The van der Waals surface area contributed by atoms with Crippen LogP contribution in [0.5, 0.6) is 5.75 Å². The number of hydrogen-bond acceptors (Lipinski definition) is 4. The van der Waals surface area contributed by atoms with Crippen molar-refractivity contribution in [3.05, 3.63) is 65.5 Å². The summed E-state index contributed by atoms with van der Waals surface area (Å²) >= 11 is 0. The minimum atomic E-state index is -0.223.